The zero-order chi connectivity index (χ0) is 20.6. The van der Waals surface area contributed by atoms with Gasteiger partial charge in [0.1, 0.15) is 17.0 Å². The zero-order valence-electron chi connectivity index (χ0n) is 17.6. The maximum Gasteiger partial charge on any atom is 0.314 e. The summed E-state index contributed by atoms with van der Waals surface area (Å²) in [7, 11) is 0. The van der Waals surface area contributed by atoms with Crippen LogP contribution in [-0.2, 0) is 14.3 Å². The molecular weight excluding hydrogens is 400 g/mol. The maximum absolute atomic E-state index is 13.3. The first-order chi connectivity index (χ1) is 14.7. The standard InChI is InChI=1S/C22H30N4O3S/c1-2-29-21(27)22-6-3-17(25-8-10-28-11-9-25)13-16(22)4-7-26(14-22)19-18-5-12-30-20(18)24-15-23-19/h5,12,15-17H,2-4,6-11,13-14H2,1H3/t16-,17+,22-/m1/s1. The first kappa shape index (κ1) is 20.2. The molecule has 30 heavy (non-hydrogen) atoms. The van der Waals surface area contributed by atoms with Crippen LogP contribution >= 0.6 is 11.3 Å². The van der Waals surface area contributed by atoms with E-state index in [1.165, 1.54) is 0 Å². The van der Waals surface area contributed by atoms with Gasteiger partial charge in [-0.1, -0.05) is 0 Å². The number of nitrogens with zero attached hydrogens (tertiary/aromatic N) is 4. The average molecular weight is 431 g/mol. The number of rotatable bonds is 4. The first-order valence-corrected chi connectivity index (χ1v) is 12.0. The van der Waals surface area contributed by atoms with Crippen LogP contribution in [0.5, 0.6) is 0 Å². The SMILES string of the molecule is CCOC(=O)[C@@]12CC[C@H](N3CCOCC3)C[C@H]1CCN(c1ncnc3sccc13)C2. The Kier molecular flexibility index (Phi) is 5.64. The van der Waals surface area contributed by atoms with Crippen molar-refractivity contribution >= 4 is 33.3 Å². The number of fused-ring (bicyclic) bond motifs is 2. The van der Waals surface area contributed by atoms with Gasteiger partial charge in [-0.3, -0.25) is 9.69 Å². The van der Waals surface area contributed by atoms with Crippen LogP contribution in [0.2, 0.25) is 0 Å². The number of carbonyl (C=O) groups is 1. The lowest BCUT2D eigenvalue weighted by molar-refractivity contribution is -0.164. The number of esters is 1. The van der Waals surface area contributed by atoms with E-state index in [1.807, 2.05) is 6.92 Å². The minimum absolute atomic E-state index is 0.0178. The van der Waals surface area contributed by atoms with Gasteiger partial charge in [-0.2, -0.15) is 0 Å². The largest absolute Gasteiger partial charge is 0.466 e. The number of thiophene rings is 1. The van der Waals surface area contributed by atoms with Gasteiger partial charge in [0.2, 0.25) is 0 Å². The van der Waals surface area contributed by atoms with Crippen molar-refractivity contribution in [3.05, 3.63) is 17.8 Å². The second-order valence-corrected chi connectivity index (χ2v) is 9.59. The Labute approximate surface area is 181 Å². The summed E-state index contributed by atoms with van der Waals surface area (Å²) in [6, 6.07) is 2.64. The Bertz CT molecular complexity index is 899. The molecule has 8 heteroatoms. The molecule has 1 aliphatic carbocycles. The third kappa shape index (κ3) is 3.48. The van der Waals surface area contributed by atoms with Gasteiger partial charge in [-0.05, 0) is 50.0 Å². The molecule has 2 aromatic rings. The molecule has 3 aliphatic rings. The Morgan fingerprint density at radius 2 is 2.17 bits per heavy atom. The molecule has 1 saturated carbocycles. The number of hydrogen-bond acceptors (Lipinski definition) is 8. The topological polar surface area (TPSA) is 67.8 Å². The molecule has 2 saturated heterocycles. The highest BCUT2D eigenvalue weighted by molar-refractivity contribution is 7.16. The van der Waals surface area contributed by atoms with E-state index < -0.39 is 5.41 Å². The van der Waals surface area contributed by atoms with Crippen molar-refractivity contribution < 1.29 is 14.3 Å². The van der Waals surface area contributed by atoms with Crippen LogP contribution in [0.1, 0.15) is 32.6 Å². The van der Waals surface area contributed by atoms with Crippen molar-refractivity contribution in [3.63, 3.8) is 0 Å². The van der Waals surface area contributed by atoms with Gasteiger partial charge in [0.25, 0.3) is 0 Å². The smallest absolute Gasteiger partial charge is 0.314 e. The minimum atomic E-state index is -0.440. The highest BCUT2D eigenvalue weighted by Crippen LogP contribution is 2.49. The Morgan fingerprint density at radius 3 is 3.00 bits per heavy atom. The summed E-state index contributed by atoms with van der Waals surface area (Å²) >= 11 is 1.63. The molecule has 7 nitrogen and oxygen atoms in total. The Morgan fingerprint density at radius 1 is 1.30 bits per heavy atom. The number of carbonyl (C=O) groups excluding carboxylic acids is 1. The molecule has 0 aromatic carbocycles. The van der Waals surface area contributed by atoms with E-state index in [2.05, 4.69) is 31.2 Å². The first-order valence-electron chi connectivity index (χ1n) is 11.1. The van der Waals surface area contributed by atoms with Crippen LogP contribution < -0.4 is 4.90 Å². The second kappa shape index (κ2) is 8.40. The van der Waals surface area contributed by atoms with Crippen LogP contribution in [-0.4, -0.2) is 72.9 Å². The molecule has 3 fully saturated rings. The molecule has 3 atom stereocenters. The van der Waals surface area contributed by atoms with E-state index >= 15 is 0 Å². The normalized spacial score (nSPS) is 30.2. The number of ether oxygens (including phenoxy) is 2. The summed E-state index contributed by atoms with van der Waals surface area (Å²) in [5.74, 6) is 1.30. The predicted octanol–water partition coefficient (Wildman–Crippen LogP) is 2.95. The Hall–Kier alpha value is -1.77. The highest BCUT2D eigenvalue weighted by atomic mass is 32.1. The lowest BCUT2D eigenvalue weighted by Crippen LogP contribution is -2.59. The van der Waals surface area contributed by atoms with Crippen molar-refractivity contribution in [2.75, 3.05) is 50.9 Å². The fraction of sp³-hybridized carbons (Fsp3) is 0.682. The van der Waals surface area contributed by atoms with Crippen molar-refractivity contribution in [3.8, 4) is 0 Å². The van der Waals surface area contributed by atoms with Crippen LogP contribution in [0.15, 0.2) is 17.8 Å². The summed E-state index contributed by atoms with van der Waals surface area (Å²) in [4.78, 5) is 28.2. The molecule has 0 spiro atoms. The van der Waals surface area contributed by atoms with Gasteiger partial charge >= 0.3 is 5.97 Å². The number of hydrogen-bond donors (Lipinski definition) is 0. The molecule has 0 unspecified atom stereocenters. The van der Waals surface area contributed by atoms with Crippen molar-refractivity contribution in [1.29, 1.82) is 0 Å². The molecule has 0 bridgehead atoms. The molecular formula is C22H30N4O3S. The summed E-state index contributed by atoms with van der Waals surface area (Å²) < 4.78 is 11.2. The number of anilines is 1. The summed E-state index contributed by atoms with van der Waals surface area (Å²) in [6.07, 6.45) is 5.64. The van der Waals surface area contributed by atoms with E-state index in [0.29, 0.717) is 25.1 Å². The molecule has 162 valence electrons. The lowest BCUT2D eigenvalue weighted by atomic mass is 9.61. The summed E-state index contributed by atoms with van der Waals surface area (Å²) in [5, 5.41) is 3.14. The quantitative estimate of drug-likeness (QED) is 0.691. The van der Waals surface area contributed by atoms with Gasteiger partial charge in [0.05, 0.1) is 30.6 Å². The number of aromatic nitrogens is 2. The van der Waals surface area contributed by atoms with Crippen molar-refractivity contribution in [1.82, 2.24) is 14.9 Å². The van der Waals surface area contributed by atoms with Crippen LogP contribution in [0, 0.1) is 11.3 Å². The van der Waals surface area contributed by atoms with Gasteiger partial charge in [-0.25, -0.2) is 9.97 Å². The third-order valence-electron chi connectivity index (χ3n) is 7.27. The zero-order valence-corrected chi connectivity index (χ0v) is 18.4. The molecule has 0 amide bonds. The predicted molar refractivity (Wildman–Crippen MR) is 117 cm³/mol. The molecule has 4 heterocycles. The van der Waals surface area contributed by atoms with E-state index in [4.69, 9.17) is 9.47 Å². The van der Waals surface area contributed by atoms with Crippen LogP contribution in [0.4, 0.5) is 5.82 Å². The molecule has 2 aromatic heterocycles. The number of piperidine rings is 1. The lowest BCUT2D eigenvalue weighted by Gasteiger charge is -2.52. The van der Waals surface area contributed by atoms with Crippen LogP contribution in [0.25, 0.3) is 10.2 Å². The van der Waals surface area contributed by atoms with E-state index in [-0.39, 0.29) is 5.97 Å². The average Bonchev–Trinajstić information content (AvgIpc) is 3.28. The maximum atomic E-state index is 13.3. The second-order valence-electron chi connectivity index (χ2n) is 8.70. The minimum Gasteiger partial charge on any atom is -0.466 e. The summed E-state index contributed by atoms with van der Waals surface area (Å²) in [6.45, 7) is 7.60. The fourth-order valence-corrected chi connectivity index (χ4v) is 6.45. The Balaban J connectivity index is 1.41. The number of morpholine rings is 1. The molecule has 5 rings (SSSR count). The van der Waals surface area contributed by atoms with E-state index in [9.17, 15) is 4.79 Å². The highest BCUT2D eigenvalue weighted by Gasteiger charge is 2.54. The molecule has 2 aliphatic heterocycles. The van der Waals surface area contributed by atoms with Crippen molar-refractivity contribution in [2.24, 2.45) is 11.3 Å². The van der Waals surface area contributed by atoms with E-state index in [0.717, 1.165) is 74.6 Å². The van der Waals surface area contributed by atoms with E-state index in [1.54, 1.807) is 17.7 Å². The van der Waals surface area contributed by atoms with Gasteiger partial charge < -0.3 is 14.4 Å². The van der Waals surface area contributed by atoms with Gasteiger partial charge in [-0.15, -0.1) is 11.3 Å². The monoisotopic (exact) mass is 430 g/mol. The van der Waals surface area contributed by atoms with Gasteiger partial charge in [0, 0.05) is 32.2 Å². The molecule has 0 N–H and O–H groups in total. The van der Waals surface area contributed by atoms with Crippen molar-refractivity contribution in [2.45, 2.75) is 38.6 Å². The third-order valence-corrected chi connectivity index (χ3v) is 8.09. The molecule has 0 radical (unpaired) electrons. The summed E-state index contributed by atoms with van der Waals surface area (Å²) in [5.41, 5.74) is -0.440. The van der Waals surface area contributed by atoms with Gasteiger partial charge in [0.15, 0.2) is 0 Å². The fourth-order valence-electron chi connectivity index (χ4n) is 5.73. The van der Waals surface area contributed by atoms with Crippen LogP contribution in [0.3, 0.4) is 0 Å².